The van der Waals surface area contributed by atoms with Crippen molar-refractivity contribution < 1.29 is 9.59 Å². The lowest BCUT2D eigenvalue weighted by atomic mass is 9.98. The van der Waals surface area contributed by atoms with Crippen LogP contribution in [0, 0.1) is 13.8 Å². The molecule has 0 bridgehead atoms. The smallest absolute Gasteiger partial charge is 0.280 e. The quantitative estimate of drug-likeness (QED) is 0.597. The third-order valence-corrected chi connectivity index (χ3v) is 5.78. The van der Waals surface area contributed by atoms with Gasteiger partial charge >= 0.3 is 0 Å². The first-order valence-electron chi connectivity index (χ1n) is 10.1. The number of anilines is 1. The van der Waals surface area contributed by atoms with Crippen LogP contribution in [0.3, 0.4) is 0 Å². The van der Waals surface area contributed by atoms with Crippen LogP contribution in [-0.4, -0.2) is 31.9 Å². The van der Waals surface area contributed by atoms with Crippen molar-refractivity contribution in [2.75, 3.05) is 4.90 Å². The number of carbonyl (C=O) groups excluding carboxylic acids is 2. The van der Waals surface area contributed by atoms with Crippen molar-refractivity contribution in [1.82, 2.24) is 19.9 Å². The Hall–Kier alpha value is -3.13. The monoisotopic (exact) mass is 437 g/mol. The molecular weight excluding hydrogens is 410 g/mol. The van der Waals surface area contributed by atoms with Gasteiger partial charge in [-0.05, 0) is 68.9 Å². The molecule has 162 valence electrons. The summed E-state index contributed by atoms with van der Waals surface area (Å²) in [7, 11) is 0. The van der Waals surface area contributed by atoms with Gasteiger partial charge in [-0.15, -0.1) is 5.10 Å². The first-order chi connectivity index (χ1) is 14.7. The molecule has 0 aliphatic carbocycles. The van der Waals surface area contributed by atoms with Crippen LogP contribution in [0.5, 0.6) is 0 Å². The van der Waals surface area contributed by atoms with Crippen LogP contribution in [0.25, 0.3) is 0 Å². The van der Waals surface area contributed by atoms with Crippen molar-refractivity contribution in [2.45, 2.75) is 52.6 Å². The standard InChI is InChI=1S/C23H27N5O2S/c1-6-23(4,5)25-21(29)20(17-8-7-11-24-13-17)28(22(30)18-14-31-27-26-18)19-12-15(2)9-10-16(19)3/h7-14,20H,6H2,1-5H3,(H,25,29)/t20-/m0/s1. The number of nitrogens with one attached hydrogen (secondary N) is 1. The van der Waals surface area contributed by atoms with Gasteiger partial charge in [-0.3, -0.25) is 19.5 Å². The van der Waals surface area contributed by atoms with Crippen molar-refractivity contribution >= 4 is 29.0 Å². The average molecular weight is 438 g/mol. The van der Waals surface area contributed by atoms with Crippen LogP contribution >= 0.6 is 11.5 Å². The van der Waals surface area contributed by atoms with Crippen molar-refractivity contribution in [2.24, 2.45) is 0 Å². The molecule has 0 fully saturated rings. The Morgan fingerprint density at radius 1 is 1.23 bits per heavy atom. The molecule has 2 aromatic heterocycles. The summed E-state index contributed by atoms with van der Waals surface area (Å²) in [5.74, 6) is -0.668. The Balaban J connectivity index is 2.20. The van der Waals surface area contributed by atoms with Crippen molar-refractivity contribution in [3.05, 3.63) is 70.5 Å². The molecule has 0 aliphatic rings. The third-order valence-electron chi connectivity index (χ3n) is 5.27. The van der Waals surface area contributed by atoms with Crippen LogP contribution in [0.4, 0.5) is 5.69 Å². The molecule has 1 atom stereocenters. The van der Waals surface area contributed by atoms with Gasteiger partial charge in [0.25, 0.3) is 5.91 Å². The maximum absolute atomic E-state index is 13.7. The highest BCUT2D eigenvalue weighted by Crippen LogP contribution is 2.33. The van der Waals surface area contributed by atoms with Gasteiger partial charge in [0.05, 0.1) is 0 Å². The van der Waals surface area contributed by atoms with E-state index in [4.69, 9.17) is 0 Å². The van der Waals surface area contributed by atoms with E-state index in [0.717, 1.165) is 29.1 Å². The molecule has 3 aromatic rings. The number of carbonyl (C=O) groups is 2. The van der Waals surface area contributed by atoms with Gasteiger partial charge in [0.15, 0.2) is 5.69 Å². The number of nitrogens with zero attached hydrogens (tertiary/aromatic N) is 4. The van der Waals surface area contributed by atoms with Crippen LogP contribution in [0.2, 0.25) is 0 Å². The molecular formula is C23H27N5O2S. The van der Waals surface area contributed by atoms with Crippen molar-refractivity contribution in [1.29, 1.82) is 0 Å². The van der Waals surface area contributed by atoms with E-state index in [0.29, 0.717) is 11.3 Å². The summed E-state index contributed by atoms with van der Waals surface area (Å²) in [6.45, 7) is 9.80. The predicted molar refractivity (Wildman–Crippen MR) is 122 cm³/mol. The minimum absolute atomic E-state index is 0.197. The number of hydrogen-bond acceptors (Lipinski definition) is 6. The number of rotatable bonds is 7. The van der Waals surface area contributed by atoms with Crippen LogP contribution in [0.15, 0.2) is 48.1 Å². The van der Waals surface area contributed by atoms with Crippen molar-refractivity contribution in [3.8, 4) is 0 Å². The Bertz CT molecular complexity index is 1050. The van der Waals surface area contributed by atoms with E-state index in [2.05, 4.69) is 19.9 Å². The summed E-state index contributed by atoms with van der Waals surface area (Å²) in [6.07, 6.45) is 4.00. The Morgan fingerprint density at radius 3 is 2.61 bits per heavy atom. The molecule has 7 nitrogen and oxygen atoms in total. The molecule has 0 saturated carbocycles. The minimum Gasteiger partial charge on any atom is -0.349 e. The normalized spacial score (nSPS) is 12.3. The number of pyridine rings is 1. The first-order valence-corrected chi connectivity index (χ1v) is 11.0. The van der Waals surface area contributed by atoms with Gasteiger partial charge in [-0.25, -0.2) is 0 Å². The number of aryl methyl sites for hydroxylation is 2. The maximum Gasteiger partial charge on any atom is 0.280 e. The molecule has 1 aromatic carbocycles. The van der Waals surface area contributed by atoms with Gasteiger partial charge in [0, 0.05) is 34.6 Å². The fourth-order valence-electron chi connectivity index (χ4n) is 3.17. The highest BCUT2D eigenvalue weighted by molar-refractivity contribution is 7.03. The fourth-order valence-corrected chi connectivity index (χ4v) is 3.60. The molecule has 3 rings (SSSR count). The molecule has 31 heavy (non-hydrogen) atoms. The van der Waals surface area contributed by atoms with E-state index in [-0.39, 0.29) is 17.5 Å². The number of amides is 2. The van der Waals surface area contributed by atoms with Gasteiger partial charge < -0.3 is 5.32 Å². The fraction of sp³-hybridized carbons (Fsp3) is 0.348. The number of hydrogen-bond donors (Lipinski definition) is 1. The van der Waals surface area contributed by atoms with Gasteiger partial charge in [-0.1, -0.05) is 29.6 Å². The Labute approximate surface area is 186 Å². The molecule has 0 saturated heterocycles. The zero-order chi connectivity index (χ0) is 22.6. The summed E-state index contributed by atoms with van der Waals surface area (Å²) < 4.78 is 3.84. The van der Waals surface area contributed by atoms with Gasteiger partial charge in [-0.2, -0.15) is 0 Å². The Morgan fingerprint density at radius 2 is 2.00 bits per heavy atom. The maximum atomic E-state index is 13.7. The lowest BCUT2D eigenvalue weighted by molar-refractivity contribution is -0.124. The molecule has 0 aliphatic heterocycles. The SMILES string of the molecule is CCC(C)(C)NC(=O)[C@H](c1cccnc1)N(C(=O)c1csnn1)c1cc(C)ccc1C. The van der Waals surface area contributed by atoms with Gasteiger partial charge in [0.1, 0.15) is 6.04 Å². The van der Waals surface area contributed by atoms with Gasteiger partial charge in [0.2, 0.25) is 5.91 Å². The Kier molecular flexibility index (Phi) is 6.80. The molecule has 2 amide bonds. The van der Waals surface area contributed by atoms with Crippen LogP contribution < -0.4 is 10.2 Å². The van der Waals surface area contributed by atoms with Crippen molar-refractivity contribution in [3.63, 3.8) is 0 Å². The van der Waals surface area contributed by atoms with E-state index in [1.54, 1.807) is 29.9 Å². The predicted octanol–water partition coefficient (Wildman–Crippen LogP) is 4.24. The summed E-state index contributed by atoms with van der Waals surface area (Å²) in [4.78, 5) is 33.0. The zero-order valence-electron chi connectivity index (χ0n) is 18.4. The molecule has 0 spiro atoms. The van der Waals surface area contributed by atoms with E-state index in [1.807, 2.05) is 52.8 Å². The van der Waals surface area contributed by atoms with Crippen LogP contribution in [0.1, 0.15) is 60.4 Å². The molecule has 0 radical (unpaired) electrons. The first kappa shape index (κ1) is 22.6. The largest absolute Gasteiger partial charge is 0.349 e. The third kappa shape index (κ3) is 5.14. The number of benzene rings is 1. The summed E-state index contributed by atoms with van der Waals surface area (Å²) >= 11 is 1.10. The lowest BCUT2D eigenvalue weighted by Gasteiger charge is -2.35. The number of aromatic nitrogens is 3. The summed E-state index contributed by atoms with van der Waals surface area (Å²) in [5, 5.41) is 8.66. The highest BCUT2D eigenvalue weighted by Gasteiger charge is 2.37. The van der Waals surface area contributed by atoms with E-state index in [1.165, 1.54) is 4.90 Å². The second-order valence-electron chi connectivity index (χ2n) is 8.17. The summed E-state index contributed by atoms with van der Waals surface area (Å²) in [5.41, 5.74) is 2.88. The summed E-state index contributed by atoms with van der Waals surface area (Å²) in [6, 6.07) is 8.48. The average Bonchev–Trinajstić information content (AvgIpc) is 3.28. The topological polar surface area (TPSA) is 88.1 Å². The van der Waals surface area contributed by atoms with E-state index < -0.39 is 11.6 Å². The van der Waals surface area contributed by atoms with Crippen LogP contribution in [-0.2, 0) is 4.79 Å². The van der Waals surface area contributed by atoms with E-state index >= 15 is 0 Å². The zero-order valence-corrected chi connectivity index (χ0v) is 19.2. The minimum atomic E-state index is -0.922. The molecule has 0 unspecified atom stereocenters. The molecule has 8 heteroatoms. The second kappa shape index (κ2) is 9.34. The molecule has 2 heterocycles. The second-order valence-corrected chi connectivity index (χ2v) is 8.78. The molecule has 1 N–H and O–H groups in total. The lowest BCUT2D eigenvalue weighted by Crippen LogP contribution is -2.50. The highest BCUT2D eigenvalue weighted by atomic mass is 32.1. The van der Waals surface area contributed by atoms with E-state index in [9.17, 15) is 9.59 Å².